The van der Waals surface area contributed by atoms with Crippen molar-refractivity contribution in [1.29, 1.82) is 0 Å². The van der Waals surface area contributed by atoms with Crippen LogP contribution in [0.1, 0.15) is 0 Å². The number of ether oxygens (including phenoxy) is 1. The topological polar surface area (TPSA) is 37.9 Å². The van der Waals surface area contributed by atoms with Crippen molar-refractivity contribution in [2.45, 2.75) is 6.61 Å². The third kappa shape index (κ3) is 1.70. The molecule has 2 rings (SSSR count). The van der Waals surface area contributed by atoms with Gasteiger partial charge in [-0.15, -0.1) is 0 Å². The molecular formula is C8H5BrF2N2O. The number of hydrogen-bond donors (Lipinski definition) is 1. The fraction of sp³-hybridized carbons (Fsp3) is 0.125. The molecule has 1 N–H and O–H groups in total. The number of rotatable bonds is 2. The molecule has 2 aromatic rings. The van der Waals surface area contributed by atoms with Gasteiger partial charge >= 0.3 is 6.61 Å². The average Bonchev–Trinajstić information content (AvgIpc) is 2.50. The van der Waals surface area contributed by atoms with Crippen LogP contribution in [0.5, 0.6) is 5.75 Å². The lowest BCUT2D eigenvalue weighted by molar-refractivity contribution is -0.0489. The van der Waals surface area contributed by atoms with Crippen LogP contribution in [0.3, 0.4) is 0 Å². The minimum atomic E-state index is -2.84. The van der Waals surface area contributed by atoms with Crippen LogP contribution in [-0.4, -0.2) is 16.6 Å². The second-order valence-electron chi connectivity index (χ2n) is 2.58. The molecule has 0 aliphatic carbocycles. The smallest absolute Gasteiger partial charge is 0.387 e. The molecular weight excluding hydrogens is 258 g/mol. The van der Waals surface area contributed by atoms with Crippen molar-refractivity contribution in [3.63, 3.8) is 0 Å². The van der Waals surface area contributed by atoms with Gasteiger partial charge in [-0.25, -0.2) is 4.98 Å². The maximum atomic E-state index is 12.0. The highest BCUT2D eigenvalue weighted by Gasteiger charge is 2.11. The van der Waals surface area contributed by atoms with E-state index in [2.05, 4.69) is 30.6 Å². The zero-order valence-corrected chi connectivity index (χ0v) is 8.38. The lowest BCUT2D eigenvalue weighted by Gasteiger charge is -2.05. The molecule has 0 aliphatic rings. The third-order valence-electron chi connectivity index (χ3n) is 1.67. The van der Waals surface area contributed by atoms with Crippen molar-refractivity contribution in [1.82, 2.24) is 9.97 Å². The molecule has 0 atom stereocenters. The van der Waals surface area contributed by atoms with Crippen molar-refractivity contribution in [2.75, 3.05) is 0 Å². The van der Waals surface area contributed by atoms with Crippen LogP contribution < -0.4 is 4.74 Å². The summed E-state index contributed by atoms with van der Waals surface area (Å²) in [6, 6.07) is 3.19. The largest absolute Gasteiger partial charge is 0.432 e. The Balaban J connectivity index is 2.55. The number of imidazole rings is 1. The average molecular weight is 263 g/mol. The Hall–Kier alpha value is -1.17. The Morgan fingerprint density at radius 1 is 1.43 bits per heavy atom. The summed E-state index contributed by atoms with van der Waals surface area (Å²) in [4.78, 5) is 6.69. The lowest BCUT2D eigenvalue weighted by atomic mass is 10.3. The molecule has 1 aromatic heterocycles. The molecule has 0 saturated carbocycles. The highest BCUT2D eigenvalue weighted by atomic mass is 79.9. The van der Waals surface area contributed by atoms with E-state index < -0.39 is 6.61 Å². The number of nitrogens with one attached hydrogen (secondary N) is 1. The molecule has 1 aromatic carbocycles. The molecule has 14 heavy (non-hydrogen) atoms. The molecule has 1 heterocycles. The Labute approximate surface area is 86.2 Å². The van der Waals surface area contributed by atoms with E-state index in [1.165, 1.54) is 12.4 Å². The van der Waals surface area contributed by atoms with Crippen LogP contribution in [-0.2, 0) is 0 Å². The first-order valence-corrected chi connectivity index (χ1v) is 4.53. The van der Waals surface area contributed by atoms with Gasteiger partial charge in [0.25, 0.3) is 0 Å². The lowest BCUT2D eigenvalue weighted by Crippen LogP contribution is -2.02. The number of aromatic nitrogens is 2. The van der Waals surface area contributed by atoms with Crippen LogP contribution in [0.15, 0.2) is 22.9 Å². The molecule has 0 fully saturated rings. The van der Waals surface area contributed by atoms with Crippen molar-refractivity contribution < 1.29 is 13.5 Å². The summed E-state index contributed by atoms with van der Waals surface area (Å²) < 4.78 is 29.0. The van der Waals surface area contributed by atoms with Crippen LogP contribution >= 0.6 is 15.9 Å². The number of hydrogen-bond acceptors (Lipinski definition) is 2. The Bertz CT molecular complexity index is 458. The van der Waals surface area contributed by atoms with Crippen LogP contribution in [0.25, 0.3) is 11.0 Å². The van der Waals surface area contributed by atoms with Gasteiger partial charge < -0.3 is 9.72 Å². The zero-order chi connectivity index (χ0) is 10.1. The quantitative estimate of drug-likeness (QED) is 0.904. The number of benzene rings is 1. The summed E-state index contributed by atoms with van der Waals surface area (Å²) in [6.07, 6.45) is 1.43. The van der Waals surface area contributed by atoms with E-state index in [1.807, 2.05) is 0 Å². The summed E-state index contributed by atoms with van der Waals surface area (Å²) >= 11 is 3.19. The van der Waals surface area contributed by atoms with E-state index in [0.29, 0.717) is 15.5 Å². The van der Waals surface area contributed by atoms with Gasteiger partial charge in [-0.1, -0.05) is 15.9 Å². The fourth-order valence-corrected chi connectivity index (χ4v) is 1.61. The summed E-state index contributed by atoms with van der Waals surface area (Å²) in [6.45, 7) is -2.84. The predicted octanol–water partition coefficient (Wildman–Crippen LogP) is 2.93. The highest BCUT2D eigenvalue weighted by molar-refractivity contribution is 9.10. The van der Waals surface area contributed by atoms with Gasteiger partial charge in [0.15, 0.2) is 5.75 Å². The monoisotopic (exact) mass is 262 g/mol. The maximum Gasteiger partial charge on any atom is 0.387 e. The summed E-state index contributed by atoms with van der Waals surface area (Å²) in [5, 5.41) is 0. The van der Waals surface area contributed by atoms with Gasteiger partial charge in [0.05, 0.1) is 11.8 Å². The van der Waals surface area contributed by atoms with Crippen molar-refractivity contribution in [3.05, 3.63) is 22.9 Å². The van der Waals surface area contributed by atoms with Gasteiger partial charge in [-0.05, 0) is 12.1 Å². The molecule has 0 spiro atoms. The summed E-state index contributed by atoms with van der Waals surface area (Å²) in [7, 11) is 0. The minimum absolute atomic E-state index is 0.0608. The number of alkyl halides is 2. The summed E-state index contributed by atoms with van der Waals surface area (Å²) in [5.41, 5.74) is 1.04. The van der Waals surface area contributed by atoms with E-state index in [0.717, 1.165) is 0 Å². The first-order chi connectivity index (χ1) is 6.66. The number of nitrogens with zero attached hydrogens (tertiary/aromatic N) is 1. The van der Waals surface area contributed by atoms with Crippen molar-refractivity contribution in [2.24, 2.45) is 0 Å². The van der Waals surface area contributed by atoms with Gasteiger partial charge in [0.1, 0.15) is 5.52 Å². The predicted molar refractivity (Wildman–Crippen MR) is 50.4 cm³/mol. The first kappa shape index (κ1) is 9.39. The molecule has 0 saturated heterocycles. The maximum absolute atomic E-state index is 12.0. The molecule has 6 heteroatoms. The number of H-pyrrole nitrogens is 1. The second kappa shape index (κ2) is 3.53. The Kier molecular flexibility index (Phi) is 2.37. The highest BCUT2D eigenvalue weighted by Crippen LogP contribution is 2.28. The molecule has 0 unspecified atom stereocenters. The SMILES string of the molecule is FC(F)Oc1cc(Br)cc2[nH]cnc12. The number of fused-ring (bicyclic) bond motifs is 1. The van der Waals surface area contributed by atoms with Crippen molar-refractivity contribution >= 4 is 27.0 Å². The van der Waals surface area contributed by atoms with E-state index in [9.17, 15) is 8.78 Å². The standard InChI is InChI=1S/C8H5BrF2N2O/c9-4-1-5-7(13-3-12-5)6(2-4)14-8(10)11/h1-3,8H,(H,12,13). The molecule has 0 amide bonds. The van der Waals surface area contributed by atoms with Gasteiger partial charge in [-0.2, -0.15) is 8.78 Å². The van der Waals surface area contributed by atoms with Gasteiger partial charge in [0.2, 0.25) is 0 Å². The second-order valence-corrected chi connectivity index (χ2v) is 3.50. The van der Waals surface area contributed by atoms with Crippen LogP contribution in [0.4, 0.5) is 8.78 Å². The fourth-order valence-electron chi connectivity index (χ4n) is 1.17. The van der Waals surface area contributed by atoms with Gasteiger partial charge in [0, 0.05) is 4.47 Å². The van der Waals surface area contributed by atoms with E-state index in [-0.39, 0.29) is 5.75 Å². The molecule has 0 bridgehead atoms. The normalized spacial score (nSPS) is 11.1. The number of halogens is 3. The van der Waals surface area contributed by atoms with Gasteiger partial charge in [-0.3, -0.25) is 0 Å². The summed E-state index contributed by atoms with van der Waals surface area (Å²) in [5.74, 6) is 0.0608. The first-order valence-electron chi connectivity index (χ1n) is 3.74. The third-order valence-corrected chi connectivity index (χ3v) is 2.13. The van der Waals surface area contributed by atoms with E-state index in [1.54, 1.807) is 6.07 Å². The molecule has 0 aliphatic heterocycles. The minimum Gasteiger partial charge on any atom is -0.432 e. The van der Waals surface area contributed by atoms with E-state index in [4.69, 9.17) is 0 Å². The Morgan fingerprint density at radius 3 is 2.93 bits per heavy atom. The van der Waals surface area contributed by atoms with Crippen molar-refractivity contribution in [3.8, 4) is 5.75 Å². The molecule has 0 radical (unpaired) electrons. The van der Waals surface area contributed by atoms with E-state index >= 15 is 0 Å². The van der Waals surface area contributed by atoms with Crippen LogP contribution in [0.2, 0.25) is 0 Å². The Morgan fingerprint density at radius 2 is 2.21 bits per heavy atom. The van der Waals surface area contributed by atoms with Crippen LogP contribution in [0, 0.1) is 0 Å². The zero-order valence-electron chi connectivity index (χ0n) is 6.80. The molecule has 74 valence electrons. The molecule has 3 nitrogen and oxygen atoms in total. The number of aromatic amines is 1.